The fraction of sp³-hybridized carbons (Fsp3) is 0.357. The van der Waals surface area contributed by atoms with E-state index in [1.54, 1.807) is 23.9 Å². The van der Waals surface area contributed by atoms with Gasteiger partial charge in [-0.05, 0) is 44.9 Å². The van der Waals surface area contributed by atoms with Crippen LogP contribution in [0.5, 0.6) is 0 Å². The molecule has 20 heavy (non-hydrogen) atoms. The molecule has 0 fully saturated rings. The second-order valence-electron chi connectivity index (χ2n) is 4.79. The van der Waals surface area contributed by atoms with Gasteiger partial charge in [-0.15, -0.1) is 0 Å². The van der Waals surface area contributed by atoms with E-state index in [4.69, 9.17) is 0 Å². The predicted octanol–water partition coefficient (Wildman–Crippen LogP) is 2.63. The van der Waals surface area contributed by atoms with Gasteiger partial charge in [0.05, 0.1) is 11.4 Å². The zero-order valence-electron chi connectivity index (χ0n) is 12.1. The van der Waals surface area contributed by atoms with Crippen molar-refractivity contribution >= 4 is 15.7 Å². The lowest BCUT2D eigenvalue weighted by atomic mass is 10.1. The zero-order valence-corrected chi connectivity index (χ0v) is 13.0. The van der Waals surface area contributed by atoms with Gasteiger partial charge in [0.2, 0.25) is 0 Å². The molecule has 0 atom stereocenters. The third kappa shape index (κ3) is 2.70. The molecular weight excluding hydrogens is 274 g/mol. The van der Waals surface area contributed by atoms with E-state index in [0.29, 0.717) is 17.9 Å². The molecule has 0 saturated heterocycles. The lowest BCUT2D eigenvalue weighted by molar-refractivity contribution is 0.600. The molecule has 0 bridgehead atoms. The maximum atomic E-state index is 12.5. The smallest absolute Gasteiger partial charge is 0.265 e. The van der Waals surface area contributed by atoms with Gasteiger partial charge in [0.1, 0.15) is 4.90 Å². The molecule has 1 heterocycles. The van der Waals surface area contributed by atoms with Gasteiger partial charge in [-0.3, -0.25) is 9.40 Å². The minimum atomic E-state index is -3.61. The Hall–Kier alpha value is -1.82. The molecule has 0 aliphatic carbocycles. The second-order valence-corrected chi connectivity index (χ2v) is 6.44. The Morgan fingerprint density at radius 3 is 2.55 bits per heavy atom. The highest BCUT2D eigenvalue weighted by atomic mass is 32.2. The van der Waals surface area contributed by atoms with Crippen molar-refractivity contribution in [1.82, 2.24) is 9.78 Å². The molecular formula is C14H19N3O2S. The summed E-state index contributed by atoms with van der Waals surface area (Å²) in [6.45, 7) is 8.10. The van der Waals surface area contributed by atoms with Crippen LogP contribution in [0, 0.1) is 20.8 Å². The Labute approximate surface area is 119 Å². The van der Waals surface area contributed by atoms with Gasteiger partial charge in [-0.25, -0.2) is 8.42 Å². The topological polar surface area (TPSA) is 64.0 Å². The molecule has 5 nitrogen and oxygen atoms in total. The molecule has 2 aromatic rings. The summed E-state index contributed by atoms with van der Waals surface area (Å²) in [6.07, 6.45) is 1.56. The molecule has 0 aliphatic heterocycles. The number of anilines is 1. The second kappa shape index (κ2) is 5.28. The Morgan fingerprint density at radius 1 is 1.25 bits per heavy atom. The molecule has 1 aromatic heterocycles. The highest BCUT2D eigenvalue weighted by Gasteiger charge is 2.21. The van der Waals surface area contributed by atoms with Gasteiger partial charge < -0.3 is 0 Å². The number of nitrogens with zero attached hydrogens (tertiary/aromatic N) is 2. The van der Waals surface area contributed by atoms with Gasteiger partial charge in [-0.1, -0.05) is 12.1 Å². The predicted molar refractivity (Wildman–Crippen MR) is 79.4 cm³/mol. The Balaban J connectivity index is 2.40. The van der Waals surface area contributed by atoms with E-state index in [1.165, 1.54) is 0 Å². The maximum Gasteiger partial charge on any atom is 0.265 e. The van der Waals surface area contributed by atoms with Crippen LogP contribution in [0.15, 0.2) is 29.3 Å². The fourth-order valence-corrected chi connectivity index (χ4v) is 3.30. The highest BCUT2D eigenvalue weighted by molar-refractivity contribution is 7.92. The number of hydrogen-bond acceptors (Lipinski definition) is 3. The Morgan fingerprint density at radius 2 is 1.95 bits per heavy atom. The minimum Gasteiger partial charge on any atom is -0.279 e. The number of benzene rings is 1. The molecule has 0 radical (unpaired) electrons. The molecule has 0 saturated carbocycles. The van der Waals surface area contributed by atoms with Crippen LogP contribution in [0.3, 0.4) is 0 Å². The number of rotatable bonds is 4. The number of nitrogens with one attached hydrogen (secondary N) is 1. The van der Waals surface area contributed by atoms with E-state index in [9.17, 15) is 8.42 Å². The normalized spacial score (nSPS) is 11.6. The average molecular weight is 293 g/mol. The standard InChI is InChI=1S/C14H19N3O2S/c1-5-17-9-14(12(4)15-17)20(18,19)16-13-8-6-7-10(2)11(13)3/h6-9,16H,5H2,1-4H3. The molecule has 0 unspecified atom stereocenters. The number of hydrogen-bond donors (Lipinski definition) is 1. The zero-order chi connectivity index (χ0) is 14.9. The monoisotopic (exact) mass is 293 g/mol. The van der Waals surface area contributed by atoms with Crippen LogP contribution in [0.25, 0.3) is 0 Å². The molecule has 0 spiro atoms. The molecule has 6 heteroatoms. The van der Waals surface area contributed by atoms with Crippen molar-refractivity contribution in [2.45, 2.75) is 39.1 Å². The first-order valence-corrected chi connectivity index (χ1v) is 7.96. The van der Waals surface area contributed by atoms with Gasteiger partial charge in [0.15, 0.2) is 0 Å². The first-order valence-electron chi connectivity index (χ1n) is 6.48. The number of aryl methyl sites for hydroxylation is 3. The Bertz CT molecular complexity index is 733. The lowest BCUT2D eigenvalue weighted by Gasteiger charge is -2.11. The summed E-state index contributed by atoms with van der Waals surface area (Å²) in [7, 11) is -3.61. The number of aromatic nitrogens is 2. The van der Waals surface area contributed by atoms with E-state index < -0.39 is 10.0 Å². The van der Waals surface area contributed by atoms with Crippen LogP contribution in [0.4, 0.5) is 5.69 Å². The molecule has 1 aromatic carbocycles. The first kappa shape index (κ1) is 14.6. The first-order chi connectivity index (χ1) is 9.35. The van der Waals surface area contributed by atoms with Crippen molar-refractivity contribution in [3.63, 3.8) is 0 Å². The molecule has 1 N–H and O–H groups in total. The van der Waals surface area contributed by atoms with Gasteiger partial charge in [-0.2, -0.15) is 5.10 Å². The third-order valence-corrected chi connectivity index (χ3v) is 4.83. The maximum absolute atomic E-state index is 12.5. The summed E-state index contributed by atoms with van der Waals surface area (Å²) in [6, 6.07) is 5.55. The highest BCUT2D eigenvalue weighted by Crippen LogP contribution is 2.23. The van der Waals surface area contributed by atoms with E-state index in [2.05, 4.69) is 9.82 Å². The van der Waals surface area contributed by atoms with Crippen LogP contribution in [-0.2, 0) is 16.6 Å². The number of sulfonamides is 1. The van der Waals surface area contributed by atoms with Crippen molar-refractivity contribution in [3.8, 4) is 0 Å². The van der Waals surface area contributed by atoms with Crippen LogP contribution in [-0.4, -0.2) is 18.2 Å². The van der Waals surface area contributed by atoms with Crippen LogP contribution in [0.1, 0.15) is 23.7 Å². The van der Waals surface area contributed by atoms with Crippen molar-refractivity contribution in [3.05, 3.63) is 41.2 Å². The molecule has 2 rings (SSSR count). The quantitative estimate of drug-likeness (QED) is 0.942. The third-order valence-electron chi connectivity index (χ3n) is 3.36. The van der Waals surface area contributed by atoms with Crippen molar-refractivity contribution < 1.29 is 8.42 Å². The van der Waals surface area contributed by atoms with E-state index >= 15 is 0 Å². The summed E-state index contributed by atoms with van der Waals surface area (Å²) in [5.41, 5.74) is 3.08. The van der Waals surface area contributed by atoms with Gasteiger partial charge in [0.25, 0.3) is 10.0 Å². The van der Waals surface area contributed by atoms with Crippen LogP contribution in [0.2, 0.25) is 0 Å². The van der Waals surface area contributed by atoms with Crippen molar-refractivity contribution in [2.24, 2.45) is 0 Å². The average Bonchev–Trinajstić information content (AvgIpc) is 2.77. The lowest BCUT2D eigenvalue weighted by Crippen LogP contribution is -2.14. The minimum absolute atomic E-state index is 0.222. The van der Waals surface area contributed by atoms with E-state index in [-0.39, 0.29) is 4.90 Å². The SMILES string of the molecule is CCn1cc(S(=O)(=O)Nc2cccc(C)c2C)c(C)n1. The fourth-order valence-electron chi connectivity index (χ4n) is 1.99. The molecule has 0 amide bonds. The summed E-state index contributed by atoms with van der Waals surface area (Å²) >= 11 is 0. The molecule has 0 aliphatic rings. The summed E-state index contributed by atoms with van der Waals surface area (Å²) in [4.78, 5) is 0.222. The van der Waals surface area contributed by atoms with Gasteiger partial charge in [0, 0.05) is 12.7 Å². The summed E-state index contributed by atoms with van der Waals surface area (Å²) < 4.78 is 29.2. The van der Waals surface area contributed by atoms with Crippen LogP contribution >= 0.6 is 0 Å². The van der Waals surface area contributed by atoms with Gasteiger partial charge >= 0.3 is 0 Å². The van der Waals surface area contributed by atoms with Crippen molar-refractivity contribution in [2.75, 3.05) is 4.72 Å². The van der Waals surface area contributed by atoms with E-state index in [0.717, 1.165) is 11.1 Å². The summed E-state index contributed by atoms with van der Waals surface area (Å²) in [5, 5.41) is 4.17. The van der Waals surface area contributed by atoms with Crippen LogP contribution < -0.4 is 4.72 Å². The molecule has 108 valence electrons. The Kier molecular flexibility index (Phi) is 3.85. The van der Waals surface area contributed by atoms with Crippen molar-refractivity contribution in [1.29, 1.82) is 0 Å². The summed E-state index contributed by atoms with van der Waals surface area (Å²) in [5.74, 6) is 0. The largest absolute Gasteiger partial charge is 0.279 e. The van der Waals surface area contributed by atoms with E-state index in [1.807, 2.05) is 32.9 Å².